The molecule has 1 rings (SSSR count). The summed E-state index contributed by atoms with van der Waals surface area (Å²) in [6, 6.07) is -1.03. The molecule has 83 heavy (non-hydrogen) atoms. The van der Waals surface area contributed by atoms with Gasteiger partial charge < -0.3 is 46.1 Å². The summed E-state index contributed by atoms with van der Waals surface area (Å²) in [6.07, 6.45) is 46.5. The van der Waals surface area contributed by atoms with Crippen molar-refractivity contribution < 1.29 is 52.6 Å². The van der Waals surface area contributed by atoms with Crippen LogP contribution in [-0.4, -0.2) is 137 Å². The summed E-state index contributed by atoms with van der Waals surface area (Å²) in [5, 5.41) is 16.7. The van der Waals surface area contributed by atoms with Gasteiger partial charge in [0.05, 0.1) is 39.6 Å². The number of nitrogens with one attached hydrogen (secondary N) is 6. The van der Waals surface area contributed by atoms with E-state index >= 15 is 0 Å². The number of carbonyl (C=O) groups is 8. The van der Waals surface area contributed by atoms with Gasteiger partial charge in [0.25, 0.3) is 0 Å². The molecule has 0 aromatic rings. The molecule has 2 atom stereocenters. The summed E-state index contributed by atoms with van der Waals surface area (Å²) >= 11 is 0. The lowest BCUT2D eigenvalue weighted by atomic mass is 9.94. The standard InChI is InChI=1S/C65H111N7O11/c1-5-7-9-11-13-15-17-19-20-21-22-23-25-27-29-31-33-35-37-59(74)67-44-51-83-53-46-70-64(79)57(71-62(77)41-48-81-49-42-69-61(76)40-47-72-63(78)54-56(55(3)4)65(72)80)38-39-60(75)68-45-52-82-50-43-66-58(73)36-34-32-30-28-26-24-18-16-14-12-10-8-6-2/h7,9,13,15,19-20,22-23,27,29,55-57H,5-6,8,10-12,14,16-18,21,24-26,28,30-54H2,1-4H3,(H,66,73)(H,67,74)(H,68,75)(H,69,76)(H,70,79)(H,71,77)/b9-7-,15-13-,20-19-,23-22-,29-27-/t56?,57-/m0/s1. The summed E-state index contributed by atoms with van der Waals surface area (Å²) in [4.78, 5) is 102. The molecule has 0 spiro atoms. The third-order valence-corrected chi connectivity index (χ3v) is 13.9. The van der Waals surface area contributed by atoms with Crippen LogP contribution in [0.15, 0.2) is 60.8 Å². The van der Waals surface area contributed by atoms with Gasteiger partial charge in [0.2, 0.25) is 47.3 Å². The number of nitrogens with zero attached hydrogens (tertiary/aromatic N) is 1. The first-order chi connectivity index (χ1) is 40.4. The molecule has 1 saturated heterocycles. The zero-order valence-corrected chi connectivity index (χ0v) is 51.7. The number of amides is 8. The number of unbranched alkanes of at least 4 members (excludes halogenated alkanes) is 14. The molecule has 8 amide bonds. The SMILES string of the molecule is CC/C=C\C/C=C\C/C=C\C/C=C\C/C=C\CCCCC(=O)NCCOCCNC(=O)[C@H](CCC(=O)NCCOCCNC(=O)CCCCCCCCCCCCCCC)NC(=O)CCOCCNC(=O)CCN1C(=O)CC(C(C)C)C1=O. The Labute approximate surface area is 499 Å². The molecular weight excluding hydrogens is 1050 g/mol. The Hall–Kier alpha value is -5.46. The van der Waals surface area contributed by atoms with E-state index in [4.69, 9.17) is 14.2 Å². The van der Waals surface area contributed by atoms with Gasteiger partial charge >= 0.3 is 0 Å². The van der Waals surface area contributed by atoms with Crippen LogP contribution in [0.2, 0.25) is 0 Å². The number of rotatable bonds is 55. The maximum absolute atomic E-state index is 13.3. The average molecular weight is 1170 g/mol. The molecule has 1 unspecified atom stereocenters. The zero-order chi connectivity index (χ0) is 60.6. The highest BCUT2D eigenvalue weighted by atomic mass is 16.5. The minimum Gasteiger partial charge on any atom is -0.379 e. The quantitative estimate of drug-likeness (QED) is 0.0190. The number of hydrogen-bond donors (Lipinski definition) is 6. The molecule has 1 heterocycles. The molecule has 1 aliphatic heterocycles. The van der Waals surface area contributed by atoms with Crippen LogP contribution in [0.3, 0.4) is 0 Å². The maximum Gasteiger partial charge on any atom is 0.242 e. The lowest BCUT2D eigenvalue weighted by Crippen LogP contribution is -2.48. The minimum atomic E-state index is -1.03. The van der Waals surface area contributed by atoms with Crippen molar-refractivity contribution in [2.75, 3.05) is 78.9 Å². The van der Waals surface area contributed by atoms with Crippen molar-refractivity contribution in [3.05, 3.63) is 60.8 Å². The lowest BCUT2D eigenvalue weighted by molar-refractivity contribution is -0.140. The number of ether oxygens (including phenoxy) is 3. The van der Waals surface area contributed by atoms with Crippen molar-refractivity contribution >= 4 is 47.3 Å². The van der Waals surface area contributed by atoms with Gasteiger partial charge in [-0.25, -0.2) is 0 Å². The van der Waals surface area contributed by atoms with Crippen LogP contribution in [0.25, 0.3) is 0 Å². The molecule has 6 N–H and O–H groups in total. The van der Waals surface area contributed by atoms with Crippen LogP contribution in [0.4, 0.5) is 0 Å². The van der Waals surface area contributed by atoms with Crippen molar-refractivity contribution in [1.82, 2.24) is 36.8 Å². The largest absolute Gasteiger partial charge is 0.379 e. The number of allylic oxidation sites excluding steroid dienone is 10. The van der Waals surface area contributed by atoms with Crippen LogP contribution in [0.1, 0.15) is 207 Å². The highest BCUT2D eigenvalue weighted by molar-refractivity contribution is 6.03. The van der Waals surface area contributed by atoms with Gasteiger partial charge in [-0.3, -0.25) is 43.3 Å². The second-order valence-corrected chi connectivity index (χ2v) is 21.6. The summed E-state index contributed by atoms with van der Waals surface area (Å²) in [7, 11) is 0. The highest BCUT2D eigenvalue weighted by Gasteiger charge is 2.39. The van der Waals surface area contributed by atoms with E-state index in [9.17, 15) is 38.4 Å². The van der Waals surface area contributed by atoms with Crippen molar-refractivity contribution in [3.63, 3.8) is 0 Å². The van der Waals surface area contributed by atoms with Crippen molar-refractivity contribution in [3.8, 4) is 0 Å². The van der Waals surface area contributed by atoms with E-state index in [1.54, 1.807) is 0 Å². The van der Waals surface area contributed by atoms with Gasteiger partial charge in [-0.15, -0.1) is 0 Å². The average Bonchev–Trinajstić information content (AvgIpc) is 3.86. The van der Waals surface area contributed by atoms with Gasteiger partial charge in [-0.1, -0.05) is 166 Å². The van der Waals surface area contributed by atoms with Crippen LogP contribution < -0.4 is 31.9 Å². The van der Waals surface area contributed by atoms with E-state index in [0.29, 0.717) is 32.5 Å². The number of hydrogen-bond acceptors (Lipinski definition) is 11. The van der Waals surface area contributed by atoms with Crippen molar-refractivity contribution in [2.24, 2.45) is 11.8 Å². The predicted octanol–water partition coefficient (Wildman–Crippen LogP) is 9.49. The molecule has 18 heteroatoms. The minimum absolute atomic E-state index is 0.00252. The predicted molar refractivity (Wildman–Crippen MR) is 331 cm³/mol. The maximum atomic E-state index is 13.3. The van der Waals surface area contributed by atoms with Crippen LogP contribution in [-0.2, 0) is 52.6 Å². The first-order valence-electron chi connectivity index (χ1n) is 31.9. The van der Waals surface area contributed by atoms with E-state index < -0.39 is 17.9 Å². The van der Waals surface area contributed by atoms with Crippen LogP contribution >= 0.6 is 0 Å². The molecular formula is C65H111N7O11. The fraction of sp³-hybridized carbons (Fsp3) is 0.723. The summed E-state index contributed by atoms with van der Waals surface area (Å²) < 4.78 is 16.8. The number of likely N-dealkylation sites (tertiary alicyclic amines) is 1. The highest BCUT2D eigenvalue weighted by Crippen LogP contribution is 2.26. The van der Waals surface area contributed by atoms with Gasteiger partial charge in [0.1, 0.15) is 6.04 Å². The second-order valence-electron chi connectivity index (χ2n) is 21.6. The molecule has 1 fully saturated rings. The van der Waals surface area contributed by atoms with Gasteiger partial charge in [-0.2, -0.15) is 0 Å². The Morgan fingerprint density at radius 1 is 0.470 bits per heavy atom. The molecule has 1 aliphatic rings. The first kappa shape index (κ1) is 75.6. The van der Waals surface area contributed by atoms with Crippen molar-refractivity contribution in [1.29, 1.82) is 0 Å². The van der Waals surface area contributed by atoms with E-state index in [1.165, 1.54) is 64.2 Å². The molecule has 0 aromatic carbocycles. The van der Waals surface area contributed by atoms with Gasteiger partial charge in [0, 0.05) is 83.7 Å². The van der Waals surface area contributed by atoms with E-state index in [2.05, 4.69) is 107 Å². The third-order valence-electron chi connectivity index (χ3n) is 13.9. The topological polar surface area (TPSA) is 240 Å². The number of carbonyl (C=O) groups excluding carboxylic acids is 8. The molecule has 0 aromatic heterocycles. The van der Waals surface area contributed by atoms with Crippen LogP contribution in [0, 0.1) is 11.8 Å². The van der Waals surface area contributed by atoms with E-state index in [-0.39, 0.29) is 139 Å². The summed E-state index contributed by atoms with van der Waals surface area (Å²) in [5.41, 5.74) is 0. The first-order valence-corrected chi connectivity index (χ1v) is 31.9. The van der Waals surface area contributed by atoms with Gasteiger partial charge in [-0.05, 0) is 70.1 Å². The van der Waals surface area contributed by atoms with Crippen LogP contribution in [0.5, 0.6) is 0 Å². The molecule has 0 radical (unpaired) electrons. The summed E-state index contributed by atoms with van der Waals surface area (Å²) in [5.74, 6) is -2.50. The molecule has 472 valence electrons. The Kier molecular flexibility index (Phi) is 49.6. The monoisotopic (exact) mass is 1170 g/mol. The summed E-state index contributed by atoms with van der Waals surface area (Å²) in [6.45, 7) is 10.5. The fourth-order valence-corrected chi connectivity index (χ4v) is 8.95. The smallest absolute Gasteiger partial charge is 0.242 e. The zero-order valence-electron chi connectivity index (χ0n) is 51.7. The van der Waals surface area contributed by atoms with Gasteiger partial charge in [0.15, 0.2) is 0 Å². The number of imide groups is 1. The van der Waals surface area contributed by atoms with Crippen molar-refractivity contribution in [2.45, 2.75) is 214 Å². The fourth-order valence-electron chi connectivity index (χ4n) is 8.95. The Balaban J connectivity index is 2.37. The molecule has 0 aliphatic carbocycles. The van der Waals surface area contributed by atoms with E-state index in [1.807, 2.05) is 13.8 Å². The third kappa shape index (κ3) is 45.6. The lowest BCUT2D eigenvalue weighted by Gasteiger charge is -2.19. The Morgan fingerprint density at radius 3 is 1.35 bits per heavy atom. The molecule has 18 nitrogen and oxygen atoms in total. The second kappa shape index (κ2) is 54.5. The molecule has 0 saturated carbocycles. The van der Waals surface area contributed by atoms with E-state index in [0.717, 1.165) is 75.5 Å². The molecule has 0 bridgehead atoms. The Morgan fingerprint density at radius 2 is 0.880 bits per heavy atom. The Bertz CT molecular complexity index is 1920. The normalized spacial score (nSPS) is 14.1.